The average molecular weight is 358 g/mol. The number of thiocarbonyl (C=S) groups is 1. The summed E-state index contributed by atoms with van der Waals surface area (Å²) in [5.74, 6) is 1.23. The van der Waals surface area contributed by atoms with Crippen molar-refractivity contribution in [3.8, 4) is 11.5 Å². The summed E-state index contributed by atoms with van der Waals surface area (Å²) in [6.07, 6.45) is 0.663. The van der Waals surface area contributed by atoms with Gasteiger partial charge in [-0.1, -0.05) is 0 Å². The van der Waals surface area contributed by atoms with Gasteiger partial charge in [-0.3, -0.25) is 4.90 Å². The Bertz CT molecular complexity index is 827. The van der Waals surface area contributed by atoms with Crippen molar-refractivity contribution in [3.05, 3.63) is 53.8 Å². The summed E-state index contributed by atoms with van der Waals surface area (Å²) in [5.41, 5.74) is 1.10. The lowest BCUT2D eigenvalue weighted by atomic mass is 9.90. The number of fused-ring (bicyclic) bond motifs is 4. The van der Waals surface area contributed by atoms with Crippen molar-refractivity contribution >= 4 is 23.0 Å². The molecule has 130 valence electrons. The predicted molar refractivity (Wildman–Crippen MR) is 98.6 cm³/mol. The molecular formula is C19H19FN2O2S. The van der Waals surface area contributed by atoms with Gasteiger partial charge >= 0.3 is 0 Å². The number of halogens is 1. The molecule has 25 heavy (non-hydrogen) atoms. The van der Waals surface area contributed by atoms with Crippen molar-refractivity contribution in [2.45, 2.75) is 32.0 Å². The number of rotatable bonds is 3. The van der Waals surface area contributed by atoms with Crippen LogP contribution in [0.15, 0.2) is 42.5 Å². The third kappa shape index (κ3) is 2.70. The van der Waals surface area contributed by atoms with E-state index in [1.165, 1.54) is 12.1 Å². The largest absolute Gasteiger partial charge is 0.494 e. The summed E-state index contributed by atoms with van der Waals surface area (Å²) in [6.45, 7) is 4.59. The van der Waals surface area contributed by atoms with E-state index in [1.54, 1.807) is 6.07 Å². The van der Waals surface area contributed by atoms with Crippen LogP contribution in [0.2, 0.25) is 0 Å². The fourth-order valence-corrected chi connectivity index (χ4v) is 4.04. The molecule has 2 aromatic rings. The average Bonchev–Trinajstić information content (AvgIpc) is 2.57. The zero-order valence-electron chi connectivity index (χ0n) is 14.1. The van der Waals surface area contributed by atoms with Gasteiger partial charge in [0.15, 0.2) is 10.8 Å². The van der Waals surface area contributed by atoms with Crippen LogP contribution in [0.3, 0.4) is 0 Å². The highest BCUT2D eigenvalue weighted by atomic mass is 32.1. The number of nitrogens with one attached hydrogen (secondary N) is 1. The van der Waals surface area contributed by atoms with Crippen LogP contribution in [0.5, 0.6) is 11.5 Å². The van der Waals surface area contributed by atoms with Crippen LogP contribution in [-0.2, 0) is 0 Å². The fraction of sp³-hybridized carbons (Fsp3) is 0.316. The molecule has 2 aliphatic heterocycles. The Morgan fingerprint density at radius 3 is 2.80 bits per heavy atom. The third-order valence-corrected chi connectivity index (χ3v) is 4.94. The first-order valence-corrected chi connectivity index (χ1v) is 8.73. The molecule has 2 atom stereocenters. The zero-order valence-corrected chi connectivity index (χ0v) is 14.9. The number of anilines is 1. The minimum atomic E-state index is -0.634. The Kier molecular flexibility index (Phi) is 3.80. The van der Waals surface area contributed by atoms with Gasteiger partial charge < -0.3 is 14.8 Å². The molecule has 1 fully saturated rings. The Labute approximate surface area is 151 Å². The number of hydrogen-bond donors (Lipinski definition) is 1. The van der Waals surface area contributed by atoms with E-state index in [0.717, 1.165) is 17.0 Å². The SMILES string of the molecule is CCOc1ccc(N2C(=S)N[C@@H]3C[C@]2(C)Oc2ccc(F)cc23)cc1. The molecule has 0 unspecified atom stereocenters. The zero-order chi connectivity index (χ0) is 17.6. The highest BCUT2D eigenvalue weighted by Gasteiger charge is 2.48. The molecule has 1 N–H and O–H groups in total. The molecular weight excluding hydrogens is 339 g/mol. The van der Waals surface area contributed by atoms with E-state index in [2.05, 4.69) is 5.32 Å². The lowest BCUT2D eigenvalue weighted by Crippen LogP contribution is -2.65. The molecule has 2 heterocycles. The molecule has 0 amide bonds. The molecule has 2 bridgehead atoms. The minimum Gasteiger partial charge on any atom is -0.494 e. The Morgan fingerprint density at radius 1 is 1.32 bits per heavy atom. The molecule has 2 aromatic carbocycles. The molecule has 6 heteroatoms. The second kappa shape index (κ2) is 5.88. The van der Waals surface area contributed by atoms with Gasteiger partial charge in [0.1, 0.15) is 17.3 Å². The van der Waals surface area contributed by atoms with Crippen LogP contribution in [0.25, 0.3) is 0 Å². The van der Waals surface area contributed by atoms with Crippen LogP contribution in [0.1, 0.15) is 31.9 Å². The lowest BCUT2D eigenvalue weighted by molar-refractivity contribution is 0.0495. The molecule has 0 spiro atoms. The van der Waals surface area contributed by atoms with Gasteiger partial charge in [0.05, 0.1) is 12.6 Å². The number of nitrogens with zero attached hydrogens (tertiary/aromatic N) is 1. The monoisotopic (exact) mass is 358 g/mol. The van der Waals surface area contributed by atoms with Gasteiger partial charge in [0, 0.05) is 17.7 Å². The summed E-state index contributed by atoms with van der Waals surface area (Å²) in [6, 6.07) is 12.3. The van der Waals surface area contributed by atoms with Crippen LogP contribution < -0.4 is 19.7 Å². The van der Waals surface area contributed by atoms with Gasteiger partial charge in [-0.25, -0.2) is 4.39 Å². The van der Waals surface area contributed by atoms with Crippen molar-refractivity contribution in [2.75, 3.05) is 11.5 Å². The normalized spacial score (nSPS) is 24.2. The van der Waals surface area contributed by atoms with Crippen molar-refractivity contribution in [1.82, 2.24) is 5.32 Å². The Morgan fingerprint density at radius 2 is 2.08 bits per heavy atom. The Hall–Kier alpha value is -2.34. The van der Waals surface area contributed by atoms with Crippen LogP contribution >= 0.6 is 12.2 Å². The highest BCUT2D eigenvalue weighted by molar-refractivity contribution is 7.80. The first-order valence-electron chi connectivity index (χ1n) is 8.32. The minimum absolute atomic E-state index is 0.0594. The van der Waals surface area contributed by atoms with Gasteiger partial charge in [-0.05, 0) is 68.5 Å². The summed E-state index contributed by atoms with van der Waals surface area (Å²) >= 11 is 5.59. The number of ether oxygens (including phenoxy) is 2. The standard InChI is InChI=1S/C19H19FN2O2S/c1-3-23-14-7-5-13(6-8-14)22-18(25)21-16-11-19(22,2)24-17-9-4-12(20)10-15(16)17/h4-10,16H,3,11H2,1-2H3,(H,21,25)/t16-,19+/m1/s1. The first-order chi connectivity index (χ1) is 12.0. The smallest absolute Gasteiger partial charge is 0.188 e. The maximum Gasteiger partial charge on any atom is 0.188 e. The van der Waals surface area contributed by atoms with E-state index in [4.69, 9.17) is 21.7 Å². The lowest BCUT2D eigenvalue weighted by Gasteiger charge is -2.52. The molecule has 0 aromatic heterocycles. The quantitative estimate of drug-likeness (QED) is 0.834. The van der Waals surface area contributed by atoms with Crippen molar-refractivity contribution in [1.29, 1.82) is 0 Å². The van der Waals surface area contributed by atoms with Crippen molar-refractivity contribution in [2.24, 2.45) is 0 Å². The highest BCUT2D eigenvalue weighted by Crippen LogP contribution is 2.45. The molecule has 0 aliphatic carbocycles. The first kappa shape index (κ1) is 16.1. The predicted octanol–water partition coefficient (Wildman–Crippen LogP) is 4.16. The summed E-state index contributed by atoms with van der Waals surface area (Å²) in [5, 5.41) is 3.89. The number of benzene rings is 2. The van der Waals surface area contributed by atoms with Crippen LogP contribution in [0, 0.1) is 5.82 Å². The van der Waals surface area contributed by atoms with E-state index in [0.29, 0.717) is 23.9 Å². The topological polar surface area (TPSA) is 33.7 Å². The number of hydrogen-bond acceptors (Lipinski definition) is 3. The van der Waals surface area contributed by atoms with Crippen LogP contribution in [-0.4, -0.2) is 17.4 Å². The van der Waals surface area contributed by atoms with Gasteiger partial charge in [0.2, 0.25) is 0 Å². The maximum atomic E-state index is 13.6. The van der Waals surface area contributed by atoms with E-state index < -0.39 is 5.72 Å². The van der Waals surface area contributed by atoms with Crippen molar-refractivity contribution in [3.63, 3.8) is 0 Å². The van der Waals surface area contributed by atoms with Crippen molar-refractivity contribution < 1.29 is 13.9 Å². The van der Waals surface area contributed by atoms with E-state index >= 15 is 0 Å². The third-order valence-electron chi connectivity index (χ3n) is 4.64. The summed E-state index contributed by atoms with van der Waals surface area (Å²) in [7, 11) is 0. The molecule has 4 nitrogen and oxygen atoms in total. The Balaban J connectivity index is 1.71. The molecule has 1 saturated heterocycles. The van der Waals surface area contributed by atoms with Gasteiger partial charge in [0.25, 0.3) is 0 Å². The molecule has 4 rings (SSSR count). The second-order valence-electron chi connectivity index (χ2n) is 6.43. The van der Waals surface area contributed by atoms with Crippen LogP contribution in [0.4, 0.5) is 10.1 Å². The summed E-state index contributed by atoms with van der Waals surface area (Å²) < 4.78 is 25.4. The van der Waals surface area contributed by atoms with Gasteiger partial charge in [-0.2, -0.15) is 0 Å². The van der Waals surface area contributed by atoms with E-state index in [9.17, 15) is 4.39 Å². The molecule has 0 saturated carbocycles. The van der Waals surface area contributed by atoms with Gasteiger partial charge in [-0.15, -0.1) is 0 Å². The second-order valence-corrected chi connectivity index (χ2v) is 6.81. The molecule has 0 radical (unpaired) electrons. The summed E-state index contributed by atoms with van der Waals surface area (Å²) in [4.78, 5) is 1.97. The van der Waals surface area contributed by atoms with E-state index in [-0.39, 0.29) is 11.9 Å². The maximum absolute atomic E-state index is 13.6. The molecule has 2 aliphatic rings. The van der Waals surface area contributed by atoms with E-state index in [1.807, 2.05) is 43.0 Å². The fourth-order valence-electron chi connectivity index (χ4n) is 3.59.